The number of nitrogens with one attached hydrogen (secondary N) is 1. The van der Waals surface area contributed by atoms with Crippen molar-refractivity contribution in [2.75, 3.05) is 6.54 Å². The third-order valence-corrected chi connectivity index (χ3v) is 5.11. The number of carbonyl (C=O) groups is 2. The topological polar surface area (TPSA) is 105 Å². The number of amides is 1. The van der Waals surface area contributed by atoms with Crippen molar-refractivity contribution in [3.05, 3.63) is 11.7 Å². The van der Waals surface area contributed by atoms with Crippen LogP contribution < -0.4 is 5.32 Å². The van der Waals surface area contributed by atoms with Gasteiger partial charge in [0.05, 0.1) is 5.41 Å². The summed E-state index contributed by atoms with van der Waals surface area (Å²) in [6.07, 6.45) is 8.02. The number of hydrogen-bond donors (Lipinski definition) is 2. The molecule has 0 aromatic carbocycles. The first kappa shape index (κ1) is 16.9. The van der Waals surface area contributed by atoms with Gasteiger partial charge in [-0.1, -0.05) is 24.4 Å². The molecule has 0 unspecified atom stereocenters. The quantitative estimate of drug-likeness (QED) is 0.756. The normalized spacial score (nSPS) is 19.8. The molecule has 1 amide bonds. The van der Waals surface area contributed by atoms with Crippen molar-refractivity contribution in [1.29, 1.82) is 0 Å². The monoisotopic (exact) mass is 335 g/mol. The van der Waals surface area contributed by atoms with Crippen molar-refractivity contribution in [3.63, 3.8) is 0 Å². The maximum Gasteiger partial charge on any atom is 0.311 e. The van der Waals surface area contributed by atoms with Crippen molar-refractivity contribution >= 4 is 11.9 Å². The van der Waals surface area contributed by atoms with Gasteiger partial charge in [-0.15, -0.1) is 0 Å². The summed E-state index contributed by atoms with van der Waals surface area (Å²) in [5.74, 6) is 0.937. The van der Waals surface area contributed by atoms with Crippen LogP contribution in [0.25, 0.3) is 0 Å². The van der Waals surface area contributed by atoms with E-state index in [4.69, 9.17) is 4.52 Å². The molecule has 0 bridgehead atoms. The average Bonchev–Trinajstić information content (AvgIpc) is 3.33. The molecule has 2 fully saturated rings. The van der Waals surface area contributed by atoms with Crippen LogP contribution in [0.4, 0.5) is 0 Å². The van der Waals surface area contributed by atoms with Gasteiger partial charge in [-0.2, -0.15) is 4.98 Å². The Kier molecular flexibility index (Phi) is 5.16. The van der Waals surface area contributed by atoms with Crippen molar-refractivity contribution < 1.29 is 19.2 Å². The molecule has 0 radical (unpaired) electrons. The molecule has 1 heterocycles. The van der Waals surface area contributed by atoms with Crippen molar-refractivity contribution in [1.82, 2.24) is 15.5 Å². The first-order valence-electron chi connectivity index (χ1n) is 8.92. The van der Waals surface area contributed by atoms with Gasteiger partial charge in [-0.05, 0) is 32.1 Å². The highest BCUT2D eigenvalue weighted by Crippen LogP contribution is 2.38. The van der Waals surface area contributed by atoms with E-state index < -0.39 is 11.4 Å². The Morgan fingerprint density at radius 1 is 1.25 bits per heavy atom. The zero-order valence-electron chi connectivity index (χ0n) is 13.9. The Morgan fingerprint density at radius 3 is 2.67 bits per heavy atom. The fraction of sp³-hybridized carbons (Fsp3) is 0.765. The highest BCUT2D eigenvalue weighted by Gasteiger charge is 2.39. The number of aliphatic carboxylic acids is 1. The minimum Gasteiger partial charge on any atom is -0.481 e. The van der Waals surface area contributed by atoms with E-state index >= 15 is 0 Å². The molecule has 1 aromatic heterocycles. The number of carboxylic acid groups (broad SMARTS) is 1. The summed E-state index contributed by atoms with van der Waals surface area (Å²) in [5, 5.41) is 16.3. The average molecular weight is 335 g/mol. The first-order valence-corrected chi connectivity index (χ1v) is 8.92. The minimum absolute atomic E-state index is 0.108. The predicted molar refractivity (Wildman–Crippen MR) is 85.4 cm³/mol. The van der Waals surface area contributed by atoms with Crippen LogP contribution in [0, 0.1) is 5.41 Å². The van der Waals surface area contributed by atoms with Crippen LogP contribution in [0.5, 0.6) is 0 Å². The van der Waals surface area contributed by atoms with E-state index in [2.05, 4.69) is 15.5 Å². The molecule has 2 aliphatic carbocycles. The third-order valence-electron chi connectivity index (χ3n) is 5.11. The van der Waals surface area contributed by atoms with Gasteiger partial charge in [-0.3, -0.25) is 9.59 Å². The molecule has 24 heavy (non-hydrogen) atoms. The molecule has 2 aliphatic rings. The standard InChI is InChI=1S/C17H25N3O4/c21-13(18-11-17(16(22)23)9-2-1-3-10-17)5-4-6-14-19-15(20-24-14)12-7-8-12/h12H,1-11H2,(H,18,21)(H,22,23). The summed E-state index contributed by atoms with van der Waals surface area (Å²) < 4.78 is 5.18. The van der Waals surface area contributed by atoms with Crippen LogP contribution in [0.1, 0.15) is 75.4 Å². The molecule has 7 nitrogen and oxygen atoms in total. The minimum atomic E-state index is -0.791. The van der Waals surface area contributed by atoms with Crippen LogP contribution in [0.15, 0.2) is 4.52 Å². The molecular formula is C17H25N3O4. The van der Waals surface area contributed by atoms with Gasteiger partial charge in [0.15, 0.2) is 5.82 Å². The van der Waals surface area contributed by atoms with Crippen LogP contribution in [0.3, 0.4) is 0 Å². The van der Waals surface area contributed by atoms with Crippen LogP contribution >= 0.6 is 0 Å². The van der Waals surface area contributed by atoms with E-state index in [9.17, 15) is 14.7 Å². The van der Waals surface area contributed by atoms with Crippen molar-refractivity contribution in [2.45, 2.75) is 70.1 Å². The first-order chi connectivity index (χ1) is 11.6. The zero-order valence-corrected chi connectivity index (χ0v) is 13.9. The molecule has 3 rings (SSSR count). The zero-order chi connectivity index (χ0) is 17.0. The molecular weight excluding hydrogens is 310 g/mol. The summed E-state index contributed by atoms with van der Waals surface area (Å²) >= 11 is 0. The Labute approximate surface area is 141 Å². The summed E-state index contributed by atoms with van der Waals surface area (Å²) in [6, 6.07) is 0. The second-order valence-corrected chi connectivity index (χ2v) is 7.10. The fourth-order valence-electron chi connectivity index (χ4n) is 3.33. The van der Waals surface area contributed by atoms with Crippen LogP contribution in [-0.2, 0) is 16.0 Å². The highest BCUT2D eigenvalue weighted by molar-refractivity contribution is 5.79. The number of rotatable bonds is 8. The molecule has 0 aliphatic heterocycles. The fourth-order valence-corrected chi connectivity index (χ4v) is 3.33. The molecule has 0 atom stereocenters. The SMILES string of the molecule is O=C(CCCc1nc(C2CC2)no1)NCC1(C(=O)O)CCCCC1. The molecule has 2 saturated carbocycles. The van der Waals surface area contributed by atoms with E-state index in [1.54, 1.807) is 0 Å². The van der Waals surface area contributed by atoms with E-state index in [-0.39, 0.29) is 12.5 Å². The number of hydrogen-bond acceptors (Lipinski definition) is 5. The lowest BCUT2D eigenvalue weighted by molar-refractivity contribution is -0.151. The van der Waals surface area contributed by atoms with Crippen LogP contribution in [-0.4, -0.2) is 33.7 Å². The molecule has 1 aromatic rings. The molecule has 0 saturated heterocycles. The molecule has 2 N–H and O–H groups in total. The Hall–Kier alpha value is -1.92. The van der Waals surface area contributed by atoms with Gasteiger partial charge in [-0.25, -0.2) is 0 Å². The van der Waals surface area contributed by atoms with Crippen LogP contribution in [0.2, 0.25) is 0 Å². The maximum absolute atomic E-state index is 12.0. The Morgan fingerprint density at radius 2 is 2.00 bits per heavy atom. The van der Waals surface area contributed by atoms with E-state index in [1.165, 1.54) is 0 Å². The molecule has 0 spiro atoms. The number of nitrogens with zero attached hydrogens (tertiary/aromatic N) is 2. The van der Waals surface area contributed by atoms with Crippen molar-refractivity contribution in [2.24, 2.45) is 5.41 Å². The summed E-state index contributed by atoms with van der Waals surface area (Å²) in [7, 11) is 0. The maximum atomic E-state index is 12.0. The van der Waals surface area contributed by atoms with Gasteiger partial charge in [0.2, 0.25) is 11.8 Å². The lowest BCUT2D eigenvalue weighted by Gasteiger charge is -2.33. The number of carboxylic acids is 1. The largest absolute Gasteiger partial charge is 0.481 e. The second kappa shape index (κ2) is 7.32. The highest BCUT2D eigenvalue weighted by atomic mass is 16.5. The lowest BCUT2D eigenvalue weighted by atomic mass is 9.74. The van der Waals surface area contributed by atoms with E-state index in [1.807, 2.05) is 0 Å². The predicted octanol–water partition coefficient (Wildman–Crippen LogP) is 2.42. The van der Waals surface area contributed by atoms with E-state index in [0.717, 1.165) is 37.9 Å². The Bertz CT molecular complexity index is 588. The molecule has 132 valence electrons. The van der Waals surface area contributed by atoms with E-state index in [0.29, 0.717) is 43.9 Å². The van der Waals surface area contributed by atoms with Gasteiger partial charge in [0.1, 0.15) is 0 Å². The van der Waals surface area contributed by atoms with Gasteiger partial charge >= 0.3 is 5.97 Å². The number of aryl methyl sites for hydroxylation is 1. The summed E-state index contributed by atoms with van der Waals surface area (Å²) in [4.78, 5) is 27.9. The van der Waals surface area contributed by atoms with Crippen molar-refractivity contribution in [3.8, 4) is 0 Å². The summed E-state index contributed by atoms with van der Waals surface area (Å²) in [6.45, 7) is 0.230. The van der Waals surface area contributed by atoms with Gasteiger partial charge in [0.25, 0.3) is 0 Å². The second-order valence-electron chi connectivity index (χ2n) is 7.10. The smallest absolute Gasteiger partial charge is 0.311 e. The Balaban J connectivity index is 1.39. The number of aromatic nitrogens is 2. The van der Waals surface area contributed by atoms with Gasteiger partial charge in [0, 0.05) is 25.3 Å². The van der Waals surface area contributed by atoms with Gasteiger partial charge < -0.3 is 14.9 Å². The third kappa shape index (κ3) is 4.13. The lowest BCUT2D eigenvalue weighted by Crippen LogP contribution is -2.44. The molecule has 7 heteroatoms. The number of carbonyl (C=O) groups excluding carboxylic acids is 1. The summed E-state index contributed by atoms with van der Waals surface area (Å²) in [5.41, 5.74) is -0.778.